The van der Waals surface area contributed by atoms with Crippen LogP contribution >= 0.6 is 11.6 Å². The summed E-state index contributed by atoms with van der Waals surface area (Å²) >= 11 is 6.03. The van der Waals surface area contributed by atoms with Crippen LogP contribution in [-0.2, 0) is 19.4 Å². The number of anilines is 1. The highest BCUT2D eigenvalue weighted by Gasteiger charge is 2.34. The average molecular weight is 466 g/mol. The van der Waals surface area contributed by atoms with E-state index in [1.54, 1.807) is 0 Å². The molecule has 8 heteroatoms. The van der Waals surface area contributed by atoms with Gasteiger partial charge in [-0.2, -0.15) is 0 Å². The van der Waals surface area contributed by atoms with Gasteiger partial charge in [0, 0.05) is 50.3 Å². The Hall–Kier alpha value is -2.12. The molecule has 1 fully saturated rings. The van der Waals surface area contributed by atoms with Gasteiger partial charge >= 0.3 is 0 Å². The maximum absolute atomic E-state index is 14.0. The van der Waals surface area contributed by atoms with Gasteiger partial charge in [0.2, 0.25) is 0 Å². The van der Waals surface area contributed by atoms with Crippen molar-refractivity contribution >= 4 is 17.3 Å². The van der Waals surface area contributed by atoms with Crippen LogP contribution < -0.4 is 9.64 Å². The molecule has 2 N–H and O–H groups in total. The maximum Gasteiger partial charge on any atom is 0.197 e. The van der Waals surface area contributed by atoms with Gasteiger partial charge in [-0.3, -0.25) is 9.47 Å². The zero-order chi connectivity index (χ0) is 22.8. The van der Waals surface area contributed by atoms with Gasteiger partial charge in [0.15, 0.2) is 11.8 Å². The first kappa shape index (κ1) is 23.1. The molecule has 176 valence electrons. The molecule has 0 amide bonds. The Kier molecular flexibility index (Phi) is 7.05. The van der Waals surface area contributed by atoms with Crippen LogP contribution in [0.1, 0.15) is 31.4 Å². The highest BCUT2D eigenvalue weighted by molar-refractivity contribution is 6.21. The topological polar surface area (TPSA) is 61.1 Å². The first-order valence-corrected chi connectivity index (χ1v) is 11.9. The number of hydrogen-bond acceptors (Lipinski definition) is 5. The quantitative estimate of drug-likeness (QED) is 0.606. The summed E-state index contributed by atoms with van der Waals surface area (Å²) in [5.41, 5.74) is 2.23. The van der Waals surface area contributed by atoms with E-state index in [0.717, 1.165) is 50.6 Å². The second kappa shape index (κ2) is 9.79. The van der Waals surface area contributed by atoms with Crippen LogP contribution in [0.25, 0.3) is 0 Å². The lowest BCUT2D eigenvalue weighted by atomic mass is 9.93. The Labute approximate surface area is 194 Å². The van der Waals surface area contributed by atoms with Crippen LogP contribution in [0.15, 0.2) is 24.3 Å². The smallest absolute Gasteiger partial charge is 0.197 e. The molecule has 0 spiro atoms. The van der Waals surface area contributed by atoms with Gasteiger partial charge < -0.3 is 19.8 Å². The number of ether oxygens (including phenoxy) is 1. The lowest BCUT2D eigenvalue weighted by Crippen LogP contribution is -2.46. The van der Waals surface area contributed by atoms with Gasteiger partial charge in [-0.1, -0.05) is 12.1 Å². The van der Waals surface area contributed by atoms with Crippen LogP contribution in [0.4, 0.5) is 10.1 Å². The average Bonchev–Trinajstić information content (AvgIpc) is 2.99. The first-order valence-electron chi connectivity index (χ1n) is 11.5. The van der Waals surface area contributed by atoms with Crippen LogP contribution in [0.3, 0.4) is 0 Å². The number of nitrogens with zero attached hydrogens (tertiary/aromatic N) is 3. The van der Waals surface area contributed by atoms with Crippen molar-refractivity contribution in [1.82, 2.24) is 9.47 Å². The Bertz CT molecular complexity index is 894. The lowest BCUT2D eigenvalue weighted by molar-refractivity contribution is 0.235. The van der Waals surface area contributed by atoms with Crippen molar-refractivity contribution in [2.75, 3.05) is 37.6 Å². The van der Waals surface area contributed by atoms with E-state index in [0.29, 0.717) is 17.7 Å². The van der Waals surface area contributed by atoms with E-state index in [1.165, 1.54) is 4.57 Å². The summed E-state index contributed by atoms with van der Waals surface area (Å²) in [6.07, 6.45) is 0.0210. The number of halogens is 2. The molecule has 2 aromatic rings. The van der Waals surface area contributed by atoms with Crippen molar-refractivity contribution in [3.05, 3.63) is 35.4 Å². The SMILES string of the molecule is CC(C)Oc1ccccc1N1CCN(CCCn2c(O)c3c(c2O)CC(Cl)C(F)C3)CC1. The Balaban J connectivity index is 1.30. The number of alkyl halides is 2. The number of piperazine rings is 1. The summed E-state index contributed by atoms with van der Waals surface area (Å²) in [6.45, 7) is 9.14. The largest absolute Gasteiger partial charge is 0.494 e. The molecule has 4 rings (SSSR count). The molecule has 2 unspecified atom stereocenters. The van der Waals surface area contributed by atoms with Crippen molar-refractivity contribution in [2.45, 2.75) is 57.3 Å². The zero-order valence-electron chi connectivity index (χ0n) is 18.8. The fourth-order valence-corrected chi connectivity index (χ4v) is 4.96. The van der Waals surface area contributed by atoms with Gasteiger partial charge in [-0.25, -0.2) is 4.39 Å². The monoisotopic (exact) mass is 465 g/mol. The van der Waals surface area contributed by atoms with E-state index in [2.05, 4.69) is 15.9 Å². The minimum absolute atomic E-state index is 0.0182. The van der Waals surface area contributed by atoms with Crippen molar-refractivity contribution in [3.63, 3.8) is 0 Å². The Morgan fingerprint density at radius 1 is 1.03 bits per heavy atom. The summed E-state index contributed by atoms with van der Waals surface area (Å²) in [5.74, 6) is 0.935. The van der Waals surface area contributed by atoms with Gasteiger partial charge in [-0.05, 0) is 45.4 Å². The van der Waals surface area contributed by atoms with Crippen molar-refractivity contribution < 1.29 is 19.3 Å². The molecule has 0 radical (unpaired) electrons. The zero-order valence-corrected chi connectivity index (χ0v) is 19.6. The standard InChI is InChI=1S/C24H33ClFN3O3/c1-16(2)32-22-7-4-3-6-21(22)28-12-10-27(11-13-28)8-5-9-29-23(30)17-14-19(25)20(26)15-18(17)24(29)31/h3-4,6-7,16,19-20,30-31H,5,8-15H2,1-2H3. The molecule has 1 aromatic heterocycles. The van der Waals surface area contributed by atoms with Crippen molar-refractivity contribution in [2.24, 2.45) is 0 Å². The molecule has 1 saturated heterocycles. The van der Waals surface area contributed by atoms with E-state index in [4.69, 9.17) is 16.3 Å². The van der Waals surface area contributed by atoms with E-state index < -0.39 is 11.5 Å². The Morgan fingerprint density at radius 3 is 2.38 bits per heavy atom. The fraction of sp³-hybridized carbons (Fsp3) is 0.583. The molecular weight excluding hydrogens is 433 g/mol. The second-order valence-corrected chi connectivity index (χ2v) is 9.57. The van der Waals surface area contributed by atoms with Crippen LogP contribution in [0.5, 0.6) is 17.5 Å². The second-order valence-electron chi connectivity index (χ2n) is 9.01. The molecule has 0 saturated carbocycles. The molecule has 1 aromatic carbocycles. The first-order chi connectivity index (χ1) is 15.3. The summed E-state index contributed by atoms with van der Waals surface area (Å²) in [6, 6.07) is 8.18. The third-order valence-electron chi connectivity index (χ3n) is 6.40. The molecule has 1 aliphatic heterocycles. The molecule has 2 atom stereocenters. The van der Waals surface area contributed by atoms with E-state index in [9.17, 15) is 14.6 Å². The number of aromatic nitrogens is 1. The minimum atomic E-state index is -1.20. The number of para-hydroxylation sites is 2. The van der Waals surface area contributed by atoms with Gasteiger partial charge in [0.25, 0.3) is 0 Å². The third kappa shape index (κ3) is 4.79. The number of benzene rings is 1. The predicted molar refractivity (Wildman–Crippen MR) is 125 cm³/mol. The Morgan fingerprint density at radius 2 is 1.69 bits per heavy atom. The summed E-state index contributed by atoms with van der Waals surface area (Å²) < 4.78 is 21.4. The fourth-order valence-electron chi connectivity index (χ4n) is 4.72. The van der Waals surface area contributed by atoms with Crippen LogP contribution in [0, 0.1) is 0 Å². The summed E-state index contributed by atoms with van der Waals surface area (Å²) in [5, 5.41) is 20.4. The number of rotatable bonds is 7. The van der Waals surface area contributed by atoms with Crippen molar-refractivity contribution in [3.8, 4) is 17.5 Å². The summed E-state index contributed by atoms with van der Waals surface area (Å²) in [7, 11) is 0. The molecule has 1 aliphatic carbocycles. The maximum atomic E-state index is 14.0. The van der Waals surface area contributed by atoms with Crippen LogP contribution in [0.2, 0.25) is 0 Å². The predicted octanol–water partition coefficient (Wildman–Crippen LogP) is 3.94. The lowest BCUT2D eigenvalue weighted by Gasteiger charge is -2.37. The number of hydrogen-bond donors (Lipinski definition) is 2. The van der Waals surface area contributed by atoms with Gasteiger partial charge in [-0.15, -0.1) is 11.6 Å². The molecule has 2 heterocycles. The van der Waals surface area contributed by atoms with Gasteiger partial charge in [0.05, 0.1) is 17.2 Å². The molecule has 32 heavy (non-hydrogen) atoms. The van der Waals surface area contributed by atoms with E-state index in [1.807, 2.05) is 32.0 Å². The highest BCUT2D eigenvalue weighted by atomic mass is 35.5. The van der Waals surface area contributed by atoms with Crippen LogP contribution in [-0.4, -0.2) is 70.1 Å². The molecular formula is C24H33ClFN3O3. The highest BCUT2D eigenvalue weighted by Crippen LogP contribution is 2.40. The summed E-state index contributed by atoms with van der Waals surface area (Å²) in [4.78, 5) is 4.76. The van der Waals surface area contributed by atoms with E-state index >= 15 is 0 Å². The van der Waals surface area contributed by atoms with Gasteiger partial charge in [0.1, 0.15) is 11.9 Å². The van der Waals surface area contributed by atoms with Crippen molar-refractivity contribution in [1.29, 1.82) is 0 Å². The minimum Gasteiger partial charge on any atom is -0.494 e. The normalized spacial score (nSPS) is 21.7. The number of aromatic hydroxyl groups is 2. The van der Waals surface area contributed by atoms with E-state index in [-0.39, 0.29) is 30.7 Å². The molecule has 6 nitrogen and oxygen atoms in total. The molecule has 0 bridgehead atoms. The molecule has 2 aliphatic rings. The number of fused-ring (bicyclic) bond motifs is 1. The third-order valence-corrected chi connectivity index (χ3v) is 6.83.